The third-order valence-corrected chi connectivity index (χ3v) is 5.66. The van der Waals surface area contributed by atoms with Crippen LogP contribution < -0.4 is 4.74 Å². The molecule has 0 saturated carbocycles. The fourth-order valence-electron chi connectivity index (χ4n) is 4.42. The second-order valence-electron chi connectivity index (χ2n) is 6.88. The maximum absolute atomic E-state index is 13.0. The van der Waals surface area contributed by atoms with Gasteiger partial charge in [0.2, 0.25) is 0 Å². The minimum Gasteiger partial charge on any atom is -0.499 e. The first-order valence-electron chi connectivity index (χ1n) is 9.22. The number of nitrogens with zero attached hydrogens (tertiary/aromatic N) is 2. The van der Waals surface area contributed by atoms with Gasteiger partial charge in [0.05, 0.1) is 27.9 Å². The summed E-state index contributed by atoms with van der Waals surface area (Å²) in [4.78, 5) is 13.0. The van der Waals surface area contributed by atoms with Gasteiger partial charge in [-0.3, -0.25) is 0 Å². The third-order valence-electron chi connectivity index (χ3n) is 5.66. The number of amides is 1. The Kier molecular flexibility index (Phi) is 6.04. The molecule has 0 spiro atoms. The van der Waals surface area contributed by atoms with Crippen LogP contribution >= 0.6 is 0 Å². The molecule has 7 nitrogen and oxygen atoms in total. The summed E-state index contributed by atoms with van der Waals surface area (Å²) in [6, 6.07) is 7.75. The van der Waals surface area contributed by atoms with Gasteiger partial charge in [-0.15, -0.1) is 9.60 Å². The lowest BCUT2D eigenvalue weighted by molar-refractivity contribution is -0.985. The molecule has 1 fully saturated rings. The molecule has 1 saturated heterocycles. The van der Waals surface area contributed by atoms with Crippen molar-refractivity contribution in [3.05, 3.63) is 41.7 Å². The third kappa shape index (κ3) is 3.31. The van der Waals surface area contributed by atoms with Crippen LogP contribution in [0.3, 0.4) is 0 Å². The van der Waals surface area contributed by atoms with Crippen molar-refractivity contribution in [3.63, 3.8) is 0 Å². The fourth-order valence-corrected chi connectivity index (χ4v) is 4.42. The van der Waals surface area contributed by atoms with Crippen molar-refractivity contribution in [2.24, 2.45) is 0 Å². The Bertz CT molecular complexity index is 690. The number of benzene rings is 1. The molecule has 1 unspecified atom stereocenters. The van der Waals surface area contributed by atoms with E-state index in [1.807, 2.05) is 30.3 Å². The van der Waals surface area contributed by atoms with Crippen LogP contribution in [0.25, 0.3) is 0 Å². The van der Waals surface area contributed by atoms with Crippen molar-refractivity contribution in [1.82, 2.24) is 5.01 Å². The van der Waals surface area contributed by atoms with Crippen molar-refractivity contribution < 1.29 is 28.3 Å². The second kappa shape index (κ2) is 8.29. The van der Waals surface area contributed by atoms with Gasteiger partial charge < -0.3 is 18.9 Å². The summed E-state index contributed by atoms with van der Waals surface area (Å²) >= 11 is 0. The van der Waals surface area contributed by atoms with Crippen LogP contribution in [0.15, 0.2) is 36.1 Å². The zero-order chi connectivity index (χ0) is 19.4. The molecule has 148 valence electrons. The summed E-state index contributed by atoms with van der Waals surface area (Å²) in [5.41, 5.74) is 1.05. The minimum absolute atomic E-state index is 0.0211. The van der Waals surface area contributed by atoms with Crippen molar-refractivity contribution >= 4 is 6.09 Å². The summed E-state index contributed by atoms with van der Waals surface area (Å²) in [6.45, 7) is 1.80. The number of rotatable bonds is 6. The van der Waals surface area contributed by atoms with Crippen LogP contribution in [0.1, 0.15) is 24.4 Å². The minimum atomic E-state index is -0.251. The average molecular weight is 377 g/mol. The highest BCUT2D eigenvalue weighted by atomic mass is 16.6. The van der Waals surface area contributed by atoms with Crippen LogP contribution in [0.2, 0.25) is 0 Å². The number of ether oxygens (including phenoxy) is 4. The van der Waals surface area contributed by atoms with Crippen molar-refractivity contribution in [1.29, 1.82) is 0 Å². The number of carbonyl (C=O) groups excluding carboxylic acids is 1. The molecule has 0 aromatic heterocycles. The zero-order valence-corrected chi connectivity index (χ0v) is 16.5. The van der Waals surface area contributed by atoms with Gasteiger partial charge in [-0.25, -0.2) is 0 Å². The molecule has 2 aliphatic heterocycles. The molecule has 27 heavy (non-hydrogen) atoms. The zero-order valence-electron chi connectivity index (χ0n) is 16.5. The quantitative estimate of drug-likeness (QED) is 0.711. The molecular formula is C20H29N2O5+. The molecule has 0 bridgehead atoms. The molecule has 0 aliphatic carbocycles. The molecule has 7 heteroatoms. The van der Waals surface area contributed by atoms with Gasteiger partial charge in [0.15, 0.2) is 0 Å². The van der Waals surface area contributed by atoms with Crippen molar-refractivity contribution in [2.75, 3.05) is 48.1 Å². The number of methoxy groups -OCH3 is 4. The normalized spacial score (nSPS) is 28.1. The number of carbonyl (C=O) groups is 1. The van der Waals surface area contributed by atoms with E-state index in [1.165, 1.54) is 7.11 Å². The Labute approximate surface area is 160 Å². The number of quaternary nitrogens is 1. The van der Waals surface area contributed by atoms with Crippen LogP contribution in [-0.4, -0.2) is 69.9 Å². The molecule has 3 rings (SSSR count). The highest BCUT2D eigenvalue weighted by Crippen LogP contribution is 2.43. The van der Waals surface area contributed by atoms with Gasteiger partial charge in [-0.05, 0) is 23.8 Å². The van der Waals surface area contributed by atoms with Crippen LogP contribution in [0.5, 0.6) is 5.75 Å². The first kappa shape index (κ1) is 19.7. The largest absolute Gasteiger partial charge is 0.536 e. The molecule has 3 atom stereocenters. The molecule has 1 amide bonds. The summed E-state index contributed by atoms with van der Waals surface area (Å²) in [5, 5.41) is 2.17. The van der Waals surface area contributed by atoms with E-state index in [1.54, 1.807) is 21.3 Å². The Hall–Kier alpha value is -2.09. The summed E-state index contributed by atoms with van der Waals surface area (Å²) in [7, 11) is 6.45. The Morgan fingerprint density at radius 2 is 1.89 bits per heavy atom. The standard InChI is InChI=1S/C20H29N2O5/c1-24-14-16-6-5-13-22(16,20(23)27-4)21-12-11-18(26-3)19(21)15-7-9-17(25-2)10-8-15/h7-11,16,19H,5-6,12-14H2,1-4H3/q+1/t16-,19-,22?/m0/s1. The fraction of sp³-hybridized carbons (Fsp3) is 0.550. The van der Waals surface area contributed by atoms with Crippen LogP contribution in [0, 0.1) is 0 Å². The number of likely N-dealkylation sites (tertiary alicyclic amines) is 1. The van der Waals surface area contributed by atoms with Gasteiger partial charge in [-0.1, -0.05) is 12.1 Å². The monoisotopic (exact) mass is 377 g/mol. The van der Waals surface area contributed by atoms with E-state index in [0.29, 0.717) is 19.7 Å². The predicted molar refractivity (Wildman–Crippen MR) is 100.0 cm³/mol. The summed E-state index contributed by atoms with van der Waals surface area (Å²) in [5.74, 6) is 1.63. The first-order chi connectivity index (χ1) is 13.1. The number of hydrogen-bond acceptors (Lipinski definition) is 6. The topological polar surface area (TPSA) is 57.2 Å². The van der Waals surface area contributed by atoms with Gasteiger partial charge in [0, 0.05) is 20.0 Å². The highest BCUT2D eigenvalue weighted by molar-refractivity contribution is 5.60. The maximum Gasteiger partial charge on any atom is 0.536 e. The van der Waals surface area contributed by atoms with Crippen molar-refractivity contribution in [3.8, 4) is 5.75 Å². The van der Waals surface area contributed by atoms with E-state index in [-0.39, 0.29) is 22.8 Å². The van der Waals surface area contributed by atoms with E-state index < -0.39 is 0 Å². The molecule has 2 aliphatic rings. The van der Waals surface area contributed by atoms with E-state index in [9.17, 15) is 4.79 Å². The SMILES string of the molecule is COC[C@@H]1CCC[N+]1(C(=O)OC)N1CC=C(OC)[C@@H]1c1ccc(OC)cc1. The molecule has 1 aromatic carbocycles. The van der Waals surface area contributed by atoms with E-state index in [4.69, 9.17) is 18.9 Å². The molecule has 0 radical (unpaired) electrons. The van der Waals surface area contributed by atoms with Crippen LogP contribution in [-0.2, 0) is 14.2 Å². The van der Waals surface area contributed by atoms with Gasteiger partial charge in [0.1, 0.15) is 36.7 Å². The van der Waals surface area contributed by atoms with Gasteiger partial charge >= 0.3 is 6.09 Å². The van der Waals surface area contributed by atoms with E-state index in [0.717, 1.165) is 29.9 Å². The van der Waals surface area contributed by atoms with Crippen molar-refractivity contribution in [2.45, 2.75) is 24.9 Å². The molecule has 0 N–H and O–H groups in total. The number of hydrogen-bond donors (Lipinski definition) is 0. The molecule has 1 aromatic rings. The maximum atomic E-state index is 13.0. The lowest BCUT2D eigenvalue weighted by Gasteiger charge is -2.43. The predicted octanol–water partition coefficient (Wildman–Crippen LogP) is 2.89. The summed E-state index contributed by atoms with van der Waals surface area (Å²) < 4.78 is 21.8. The lowest BCUT2D eigenvalue weighted by atomic mass is 10.1. The smallest absolute Gasteiger partial charge is 0.499 e. The van der Waals surface area contributed by atoms with Gasteiger partial charge in [0.25, 0.3) is 0 Å². The first-order valence-corrected chi connectivity index (χ1v) is 9.22. The Balaban J connectivity index is 2.03. The Morgan fingerprint density at radius 1 is 1.15 bits per heavy atom. The van der Waals surface area contributed by atoms with Gasteiger partial charge in [-0.2, -0.15) is 4.79 Å². The van der Waals surface area contributed by atoms with E-state index >= 15 is 0 Å². The lowest BCUT2D eigenvalue weighted by Crippen LogP contribution is -2.67. The molecular weight excluding hydrogens is 348 g/mol. The average Bonchev–Trinajstić information content (AvgIpc) is 3.32. The van der Waals surface area contributed by atoms with Crippen LogP contribution in [0.4, 0.5) is 4.79 Å². The Morgan fingerprint density at radius 3 is 2.48 bits per heavy atom. The highest BCUT2D eigenvalue weighted by Gasteiger charge is 2.58. The second-order valence-corrected chi connectivity index (χ2v) is 6.88. The summed E-state index contributed by atoms with van der Waals surface area (Å²) in [6.07, 6.45) is 3.65. The molecule has 2 heterocycles. The van der Waals surface area contributed by atoms with E-state index in [2.05, 4.69) is 5.01 Å².